The van der Waals surface area contributed by atoms with Crippen LogP contribution in [0.1, 0.15) is 34.1 Å². The van der Waals surface area contributed by atoms with Gasteiger partial charge in [-0.05, 0) is 34.1 Å². The Morgan fingerprint density at radius 1 is 0.789 bits per heavy atom. The van der Waals surface area contributed by atoms with Crippen LogP contribution in [0.25, 0.3) is 0 Å². The molecule has 0 aromatic carbocycles. The highest BCUT2D eigenvalue weighted by atomic mass is 16.2. The second-order valence-electron chi connectivity index (χ2n) is 9.85. The summed E-state index contributed by atoms with van der Waals surface area (Å²) >= 11 is 0. The molecule has 0 N–H and O–H groups in total. The van der Waals surface area contributed by atoms with Gasteiger partial charge < -0.3 is 4.90 Å². The van der Waals surface area contributed by atoms with Crippen LogP contribution in [0.15, 0.2) is 65.0 Å². The van der Waals surface area contributed by atoms with Crippen LogP contribution in [0.4, 0.5) is 9.59 Å². The summed E-state index contributed by atoms with van der Waals surface area (Å²) in [5.41, 5.74) is -4.64. The molecule has 5 amide bonds. The first-order valence-corrected chi connectivity index (χ1v) is 11.9. The van der Waals surface area contributed by atoms with Crippen molar-refractivity contribution in [1.82, 2.24) is 28.4 Å². The number of hydrogen-bond acceptors (Lipinski definition) is 6. The largest absolute Gasteiger partial charge is 0.337 e. The first-order chi connectivity index (χ1) is 17.7. The van der Waals surface area contributed by atoms with E-state index in [1.54, 1.807) is 27.7 Å². The lowest BCUT2D eigenvalue weighted by atomic mass is 9.85. The lowest BCUT2D eigenvalue weighted by Gasteiger charge is -2.43. The minimum absolute atomic E-state index is 0.0674. The van der Waals surface area contributed by atoms with Crippen molar-refractivity contribution in [2.45, 2.75) is 58.3 Å². The average Bonchev–Trinajstić information content (AvgIpc) is 2.84. The maximum absolute atomic E-state index is 13.4. The van der Waals surface area contributed by atoms with Gasteiger partial charge in [0.25, 0.3) is 0 Å². The van der Waals surface area contributed by atoms with E-state index in [1.807, 2.05) is 0 Å². The molecule has 1 heterocycles. The van der Waals surface area contributed by atoms with Gasteiger partial charge in [0.1, 0.15) is 0 Å². The molecule has 0 spiro atoms. The Bertz CT molecular complexity index is 1230. The van der Waals surface area contributed by atoms with E-state index >= 15 is 0 Å². The van der Waals surface area contributed by atoms with Crippen LogP contribution in [-0.2, 0) is 23.4 Å². The van der Waals surface area contributed by atoms with Gasteiger partial charge in [0.05, 0.1) is 25.2 Å². The molecule has 0 unspecified atom stereocenters. The minimum Gasteiger partial charge on any atom is -0.322 e. The highest BCUT2D eigenvalue weighted by Gasteiger charge is 2.40. The van der Waals surface area contributed by atoms with Crippen molar-refractivity contribution in [3.05, 3.63) is 82.1 Å². The molecule has 0 saturated carbocycles. The van der Waals surface area contributed by atoms with Gasteiger partial charge in [-0.15, -0.1) is 26.3 Å². The first kappa shape index (κ1) is 31.8. The van der Waals surface area contributed by atoms with Crippen molar-refractivity contribution in [1.29, 1.82) is 0 Å². The van der Waals surface area contributed by atoms with Gasteiger partial charge >= 0.3 is 29.1 Å². The molecule has 12 heteroatoms. The topological polar surface area (TPSA) is 127 Å². The van der Waals surface area contributed by atoms with Crippen molar-refractivity contribution < 1.29 is 14.4 Å². The quantitative estimate of drug-likeness (QED) is 0.282. The second kappa shape index (κ2) is 12.8. The van der Waals surface area contributed by atoms with Gasteiger partial charge in [-0.25, -0.2) is 42.6 Å². The first-order valence-electron chi connectivity index (χ1n) is 11.9. The number of allylic oxidation sites excluding steroid dienone is 2. The number of rotatable bonds is 13. The third kappa shape index (κ3) is 6.55. The molecular formula is C26H38N6O6. The lowest BCUT2D eigenvalue weighted by molar-refractivity contribution is -0.115. The monoisotopic (exact) mass is 530 g/mol. The van der Waals surface area contributed by atoms with E-state index in [9.17, 15) is 28.8 Å². The molecule has 0 atom stereocenters. The van der Waals surface area contributed by atoms with Gasteiger partial charge in [0, 0.05) is 19.1 Å². The summed E-state index contributed by atoms with van der Waals surface area (Å²) in [7, 11) is 1.47. The summed E-state index contributed by atoms with van der Waals surface area (Å²) in [4.78, 5) is 80.0. The minimum atomic E-state index is -1.20. The molecule has 0 bridgehead atoms. The summed E-state index contributed by atoms with van der Waals surface area (Å²) in [6.45, 7) is 20.5. The number of carbonyl (C=O) groups excluding carboxylic acids is 3. The van der Waals surface area contributed by atoms with Gasteiger partial charge in [-0.3, -0.25) is 9.69 Å². The van der Waals surface area contributed by atoms with E-state index in [2.05, 4.69) is 26.3 Å². The van der Waals surface area contributed by atoms with E-state index in [-0.39, 0.29) is 32.6 Å². The molecular weight excluding hydrogens is 492 g/mol. The molecule has 0 saturated heterocycles. The van der Waals surface area contributed by atoms with Crippen molar-refractivity contribution in [3.63, 3.8) is 0 Å². The van der Waals surface area contributed by atoms with E-state index in [0.717, 1.165) is 23.5 Å². The number of urea groups is 2. The van der Waals surface area contributed by atoms with Crippen LogP contribution in [-0.4, -0.2) is 72.5 Å². The molecule has 208 valence electrons. The predicted molar refractivity (Wildman–Crippen MR) is 146 cm³/mol. The number of hydrogen-bond donors (Lipinski definition) is 0. The summed E-state index contributed by atoms with van der Waals surface area (Å²) in [5.74, 6) is 0. The molecule has 0 aliphatic rings. The van der Waals surface area contributed by atoms with Crippen molar-refractivity contribution >= 4 is 18.5 Å². The van der Waals surface area contributed by atoms with Crippen LogP contribution in [0.5, 0.6) is 0 Å². The molecule has 0 aliphatic heterocycles. The van der Waals surface area contributed by atoms with Gasteiger partial charge in [0.2, 0.25) is 6.41 Å². The SMILES string of the molecule is C=CCN(C=O)C(=O)N(CC=C)C(=O)N(C)C(C)(C)CC(C)(C)n1c(=O)n(CC=C)c(=O)n(CC=C)c1=O. The number of aromatic nitrogens is 3. The Morgan fingerprint density at radius 3 is 1.66 bits per heavy atom. The summed E-state index contributed by atoms with van der Waals surface area (Å²) in [5, 5.41) is 0. The Hall–Kier alpha value is -4.22. The maximum Gasteiger partial charge on any atom is 0.337 e. The average molecular weight is 531 g/mol. The summed E-state index contributed by atoms with van der Waals surface area (Å²) < 4.78 is 2.78. The van der Waals surface area contributed by atoms with Crippen LogP contribution in [0.2, 0.25) is 0 Å². The van der Waals surface area contributed by atoms with Crippen molar-refractivity contribution in [2.24, 2.45) is 0 Å². The Balaban J connectivity index is 3.58. The van der Waals surface area contributed by atoms with Crippen molar-refractivity contribution in [2.75, 3.05) is 20.1 Å². The number of carbonyl (C=O) groups is 3. The third-order valence-corrected chi connectivity index (χ3v) is 6.07. The van der Waals surface area contributed by atoms with E-state index in [0.29, 0.717) is 6.41 Å². The maximum atomic E-state index is 13.4. The van der Waals surface area contributed by atoms with E-state index in [4.69, 9.17) is 0 Å². The molecule has 1 aromatic rings. The van der Waals surface area contributed by atoms with Gasteiger partial charge in [-0.1, -0.05) is 24.3 Å². The standard InChI is InChI=1S/C26H38N6O6/c1-10-14-28(19-33)21(35)29(15-11-2)20(34)27(9)25(5,6)18-26(7,8)32-23(37)30(16-12-3)22(36)31(17-13-4)24(32)38/h10-13,19H,1-4,14-18H2,5-9H3. The fourth-order valence-corrected chi connectivity index (χ4v) is 4.24. The van der Waals surface area contributed by atoms with Gasteiger partial charge in [-0.2, -0.15) is 0 Å². The molecule has 1 rings (SSSR count). The van der Waals surface area contributed by atoms with Crippen molar-refractivity contribution in [3.8, 4) is 0 Å². The zero-order valence-corrected chi connectivity index (χ0v) is 22.9. The molecule has 0 aliphatic carbocycles. The van der Waals surface area contributed by atoms with E-state index < -0.39 is 40.2 Å². The molecule has 0 radical (unpaired) electrons. The van der Waals surface area contributed by atoms with Crippen LogP contribution in [0, 0.1) is 0 Å². The molecule has 38 heavy (non-hydrogen) atoms. The Morgan fingerprint density at radius 2 is 1.26 bits per heavy atom. The predicted octanol–water partition coefficient (Wildman–Crippen LogP) is 1.75. The summed E-state index contributed by atoms with van der Waals surface area (Å²) in [6.07, 6.45) is 5.82. The highest BCUT2D eigenvalue weighted by molar-refractivity contribution is 5.97. The highest BCUT2D eigenvalue weighted by Crippen LogP contribution is 2.29. The Kier molecular flexibility index (Phi) is 10.7. The molecule has 12 nitrogen and oxygen atoms in total. The number of nitrogens with zero attached hydrogens (tertiary/aromatic N) is 6. The molecule has 1 aromatic heterocycles. The third-order valence-electron chi connectivity index (χ3n) is 6.07. The van der Waals surface area contributed by atoms with Crippen LogP contribution < -0.4 is 17.1 Å². The fraction of sp³-hybridized carbons (Fsp3) is 0.462. The normalized spacial score (nSPS) is 11.3. The zero-order chi connectivity index (χ0) is 29.4. The van der Waals surface area contributed by atoms with Crippen LogP contribution >= 0.6 is 0 Å². The lowest BCUT2D eigenvalue weighted by Crippen LogP contribution is -2.61. The number of imide groups is 2. The number of amides is 5. The van der Waals surface area contributed by atoms with Crippen LogP contribution in [0.3, 0.4) is 0 Å². The molecule has 0 fully saturated rings. The summed E-state index contributed by atoms with van der Waals surface area (Å²) in [6, 6.07) is -1.58. The fourth-order valence-electron chi connectivity index (χ4n) is 4.24. The van der Waals surface area contributed by atoms with Gasteiger partial charge in [0.15, 0.2) is 0 Å². The Labute approximate surface area is 222 Å². The second-order valence-corrected chi connectivity index (χ2v) is 9.85. The smallest absolute Gasteiger partial charge is 0.322 e. The van der Waals surface area contributed by atoms with E-state index in [1.165, 1.54) is 36.3 Å². The zero-order valence-electron chi connectivity index (χ0n) is 22.9.